The Morgan fingerprint density at radius 2 is 1.87 bits per heavy atom. The predicted molar refractivity (Wildman–Crippen MR) is 93.0 cm³/mol. The number of hydrogen-bond acceptors (Lipinski definition) is 2. The zero-order valence-electron chi connectivity index (χ0n) is 13.4. The van der Waals surface area contributed by atoms with E-state index in [0.717, 1.165) is 25.9 Å². The Kier molecular flexibility index (Phi) is 6.31. The highest BCUT2D eigenvalue weighted by Crippen LogP contribution is 2.21. The summed E-state index contributed by atoms with van der Waals surface area (Å²) in [4.78, 5) is 27.0. The first kappa shape index (κ1) is 18.1. The van der Waals surface area contributed by atoms with E-state index >= 15 is 0 Å². The van der Waals surface area contributed by atoms with Crippen LogP contribution in [0.2, 0.25) is 10.0 Å². The Bertz CT molecular complexity index is 584. The largest absolute Gasteiger partial charge is 0.341 e. The second-order valence-corrected chi connectivity index (χ2v) is 7.16. The third-order valence-electron chi connectivity index (χ3n) is 3.90. The molecule has 1 aromatic carbocycles. The molecular formula is C17H22Cl2N2O2. The number of benzene rings is 1. The van der Waals surface area contributed by atoms with Crippen LogP contribution in [0.15, 0.2) is 18.2 Å². The van der Waals surface area contributed by atoms with E-state index in [-0.39, 0.29) is 16.8 Å². The molecule has 23 heavy (non-hydrogen) atoms. The first-order valence-corrected chi connectivity index (χ1v) is 8.68. The monoisotopic (exact) mass is 356 g/mol. The minimum absolute atomic E-state index is 0.00497. The van der Waals surface area contributed by atoms with Crippen molar-refractivity contribution in [1.82, 2.24) is 10.2 Å². The molecule has 1 N–H and O–H groups in total. The fraction of sp³-hybridized carbons (Fsp3) is 0.529. The maximum Gasteiger partial charge on any atom is 0.253 e. The van der Waals surface area contributed by atoms with Crippen molar-refractivity contribution < 1.29 is 9.59 Å². The Morgan fingerprint density at radius 1 is 1.22 bits per heavy atom. The van der Waals surface area contributed by atoms with Crippen molar-refractivity contribution in [3.63, 3.8) is 0 Å². The fourth-order valence-electron chi connectivity index (χ4n) is 2.76. The quantitative estimate of drug-likeness (QED) is 0.872. The van der Waals surface area contributed by atoms with E-state index in [9.17, 15) is 9.59 Å². The van der Waals surface area contributed by atoms with Gasteiger partial charge in [0.15, 0.2) is 0 Å². The predicted octanol–water partition coefficient (Wildman–Crippen LogP) is 3.76. The van der Waals surface area contributed by atoms with Crippen LogP contribution in [0.4, 0.5) is 0 Å². The Hall–Kier alpha value is -1.26. The summed E-state index contributed by atoms with van der Waals surface area (Å²) in [6.45, 7) is 5.60. The molecule has 4 nitrogen and oxygen atoms in total. The molecule has 0 radical (unpaired) electrons. The van der Waals surface area contributed by atoms with E-state index in [0.29, 0.717) is 22.9 Å². The van der Waals surface area contributed by atoms with Crippen molar-refractivity contribution >= 4 is 35.0 Å². The molecule has 2 amide bonds. The molecule has 0 bridgehead atoms. The molecule has 1 saturated heterocycles. The van der Waals surface area contributed by atoms with Gasteiger partial charge in [-0.05, 0) is 43.4 Å². The minimum atomic E-state index is -0.521. The number of nitrogens with one attached hydrogen (secondary N) is 1. The van der Waals surface area contributed by atoms with Gasteiger partial charge < -0.3 is 10.2 Å². The average Bonchev–Trinajstić information content (AvgIpc) is 2.99. The first-order chi connectivity index (χ1) is 10.9. The Morgan fingerprint density at radius 3 is 2.43 bits per heavy atom. The SMILES string of the molecule is CC(C)C[C@@H](NC(=O)c1ccc(Cl)cc1Cl)C(=O)N1CCCC1. The summed E-state index contributed by atoms with van der Waals surface area (Å²) < 4.78 is 0. The van der Waals surface area contributed by atoms with Gasteiger partial charge in [-0.2, -0.15) is 0 Å². The number of nitrogens with zero attached hydrogens (tertiary/aromatic N) is 1. The lowest BCUT2D eigenvalue weighted by molar-refractivity contribution is -0.132. The first-order valence-electron chi connectivity index (χ1n) is 7.93. The molecule has 2 rings (SSSR count). The molecule has 0 aliphatic carbocycles. The summed E-state index contributed by atoms with van der Waals surface area (Å²) in [5.41, 5.74) is 0.332. The van der Waals surface area contributed by atoms with Crippen LogP contribution in [0.25, 0.3) is 0 Å². The van der Waals surface area contributed by atoms with E-state index < -0.39 is 6.04 Å². The molecule has 6 heteroatoms. The molecular weight excluding hydrogens is 335 g/mol. The highest BCUT2D eigenvalue weighted by atomic mass is 35.5. The number of halogens is 2. The maximum absolute atomic E-state index is 12.6. The summed E-state index contributed by atoms with van der Waals surface area (Å²) in [6, 6.07) is 4.19. The van der Waals surface area contributed by atoms with Gasteiger partial charge in [0.05, 0.1) is 10.6 Å². The normalized spacial score (nSPS) is 15.8. The summed E-state index contributed by atoms with van der Waals surface area (Å²) in [7, 11) is 0. The number of carbonyl (C=O) groups is 2. The van der Waals surface area contributed by atoms with Gasteiger partial charge in [0.2, 0.25) is 5.91 Å². The molecule has 1 heterocycles. The lowest BCUT2D eigenvalue weighted by atomic mass is 10.0. The molecule has 126 valence electrons. The van der Waals surface area contributed by atoms with Crippen LogP contribution >= 0.6 is 23.2 Å². The second-order valence-electron chi connectivity index (χ2n) is 6.31. The fourth-order valence-corrected chi connectivity index (χ4v) is 3.25. The van der Waals surface area contributed by atoms with Crippen LogP contribution < -0.4 is 5.32 Å². The van der Waals surface area contributed by atoms with Crippen LogP contribution in [-0.2, 0) is 4.79 Å². The molecule has 0 aromatic heterocycles. The Labute approximate surface area is 147 Å². The topological polar surface area (TPSA) is 49.4 Å². The van der Waals surface area contributed by atoms with Crippen LogP contribution in [0.5, 0.6) is 0 Å². The lowest BCUT2D eigenvalue weighted by Crippen LogP contribution is -2.48. The number of likely N-dealkylation sites (tertiary alicyclic amines) is 1. The molecule has 0 unspecified atom stereocenters. The van der Waals surface area contributed by atoms with Crippen LogP contribution in [0.1, 0.15) is 43.5 Å². The highest BCUT2D eigenvalue weighted by molar-refractivity contribution is 6.36. The molecule has 0 saturated carbocycles. The number of amides is 2. The van der Waals surface area contributed by atoms with E-state index in [2.05, 4.69) is 5.32 Å². The standard InChI is InChI=1S/C17H22Cl2N2O2/c1-11(2)9-15(17(23)21-7-3-4-8-21)20-16(22)13-6-5-12(18)10-14(13)19/h5-6,10-11,15H,3-4,7-9H2,1-2H3,(H,20,22)/t15-/m1/s1. The van der Waals surface area contributed by atoms with Crippen molar-refractivity contribution in [2.75, 3.05) is 13.1 Å². The van der Waals surface area contributed by atoms with Crippen molar-refractivity contribution in [3.8, 4) is 0 Å². The van der Waals surface area contributed by atoms with Gasteiger partial charge in [-0.1, -0.05) is 37.0 Å². The highest BCUT2D eigenvalue weighted by Gasteiger charge is 2.29. The molecule has 1 fully saturated rings. The van der Waals surface area contributed by atoms with Gasteiger partial charge in [-0.15, -0.1) is 0 Å². The molecule has 1 aliphatic rings. The van der Waals surface area contributed by atoms with Gasteiger partial charge in [-0.25, -0.2) is 0 Å². The van der Waals surface area contributed by atoms with E-state index in [1.54, 1.807) is 12.1 Å². The van der Waals surface area contributed by atoms with Gasteiger partial charge in [0, 0.05) is 18.1 Å². The van der Waals surface area contributed by atoms with Crippen molar-refractivity contribution in [2.24, 2.45) is 5.92 Å². The van der Waals surface area contributed by atoms with Gasteiger partial charge in [0.1, 0.15) is 6.04 Å². The lowest BCUT2D eigenvalue weighted by Gasteiger charge is -2.25. The number of rotatable bonds is 5. The molecule has 1 aliphatic heterocycles. The summed E-state index contributed by atoms with van der Waals surface area (Å²) in [5.74, 6) is -0.0490. The third-order valence-corrected chi connectivity index (χ3v) is 4.45. The maximum atomic E-state index is 12.6. The van der Waals surface area contributed by atoms with Gasteiger partial charge in [0.25, 0.3) is 5.91 Å². The molecule has 1 aromatic rings. The number of hydrogen-bond donors (Lipinski definition) is 1. The van der Waals surface area contributed by atoms with Crippen molar-refractivity contribution in [3.05, 3.63) is 33.8 Å². The van der Waals surface area contributed by atoms with Gasteiger partial charge in [-0.3, -0.25) is 9.59 Å². The summed E-state index contributed by atoms with van der Waals surface area (Å²) in [6.07, 6.45) is 2.65. The molecule has 0 spiro atoms. The van der Waals surface area contributed by atoms with Crippen LogP contribution in [-0.4, -0.2) is 35.8 Å². The molecule has 1 atom stereocenters. The summed E-state index contributed by atoms with van der Waals surface area (Å²) in [5, 5.41) is 3.60. The van der Waals surface area contributed by atoms with E-state index in [4.69, 9.17) is 23.2 Å². The van der Waals surface area contributed by atoms with Crippen LogP contribution in [0.3, 0.4) is 0 Å². The van der Waals surface area contributed by atoms with Crippen molar-refractivity contribution in [1.29, 1.82) is 0 Å². The summed E-state index contributed by atoms with van der Waals surface area (Å²) >= 11 is 11.9. The third kappa shape index (κ3) is 4.85. The van der Waals surface area contributed by atoms with E-state index in [1.165, 1.54) is 6.07 Å². The van der Waals surface area contributed by atoms with Gasteiger partial charge >= 0.3 is 0 Å². The minimum Gasteiger partial charge on any atom is -0.341 e. The van der Waals surface area contributed by atoms with Crippen LogP contribution in [0, 0.1) is 5.92 Å². The zero-order chi connectivity index (χ0) is 17.0. The van der Waals surface area contributed by atoms with Crippen molar-refractivity contribution in [2.45, 2.75) is 39.2 Å². The Balaban J connectivity index is 2.12. The number of carbonyl (C=O) groups excluding carboxylic acids is 2. The smallest absolute Gasteiger partial charge is 0.253 e. The van der Waals surface area contributed by atoms with E-state index in [1.807, 2.05) is 18.7 Å². The second kappa shape index (κ2) is 8.02. The average molecular weight is 357 g/mol. The zero-order valence-corrected chi connectivity index (χ0v) is 15.0.